The molecule has 2 amide bonds. The number of piperazine rings is 1. The molecule has 0 atom stereocenters. The van der Waals surface area contributed by atoms with E-state index in [0.717, 1.165) is 21.9 Å². The summed E-state index contributed by atoms with van der Waals surface area (Å²) in [7, 11) is 0. The Morgan fingerprint density at radius 2 is 1.82 bits per heavy atom. The zero-order valence-corrected chi connectivity index (χ0v) is 16.5. The van der Waals surface area contributed by atoms with E-state index in [1.807, 2.05) is 51.2 Å². The second kappa shape index (κ2) is 8.02. The number of nitrogens with zero attached hydrogens (tertiary/aromatic N) is 4. The highest BCUT2D eigenvalue weighted by Crippen LogP contribution is 2.24. The molecule has 0 unspecified atom stereocenters. The third-order valence-electron chi connectivity index (χ3n) is 4.84. The first kappa shape index (κ1) is 18.5. The Hall–Kier alpha value is -2.87. The van der Waals surface area contributed by atoms with Crippen LogP contribution in [-0.2, 0) is 16.0 Å². The van der Waals surface area contributed by atoms with Gasteiger partial charge < -0.3 is 14.5 Å². The summed E-state index contributed by atoms with van der Waals surface area (Å²) in [4.78, 5) is 33.6. The number of hydrogen-bond acceptors (Lipinski definition) is 5. The summed E-state index contributed by atoms with van der Waals surface area (Å²) < 4.78 is 7.02. The van der Waals surface area contributed by atoms with Gasteiger partial charge in [-0.1, -0.05) is 30.3 Å². The molecule has 146 valence electrons. The van der Waals surface area contributed by atoms with Gasteiger partial charge in [0.2, 0.25) is 5.91 Å². The molecule has 1 aliphatic heterocycles. The minimum atomic E-state index is -0.305. The number of imidazole rings is 1. The van der Waals surface area contributed by atoms with Crippen molar-refractivity contribution in [1.29, 1.82) is 0 Å². The molecule has 1 saturated heterocycles. The smallest absolute Gasteiger partial charge is 0.409 e. The summed E-state index contributed by atoms with van der Waals surface area (Å²) in [6.07, 6.45) is 2.01. The molecule has 1 fully saturated rings. The number of rotatable bonds is 4. The van der Waals surface area contributed by atoms with Gasteiger partial charge in [0, 0.05) is 49.0 Å². The largest absolute Gasteiger partial charge is 0.450 e. The Kier molecular flexibility index (Phi) is 5.29. The number of thiazole rings is 1. The second-order valence-electron chi connectivity index (χ2n) is 6.62. The van der Waals surface area contributed by atoms with E-state index in [1.54, 1.807) is 11.8 Å². The number of aromatic nitrogens is 2. The highest BCUT2D eigenvalue weighted by molar-refractivity contribution is 7.15. The van der Waals surface area contributed by atoms with E-state index in [0.29, 0.717) is 39.2 Å². The molecule has 0 N–H and O–H groups in total. The first-order chi connectivity index (χ1) is 13.7. The summed E-state index contributed by atoms with van der Waals surface area (Å²) >= 11 is 1.54. The third kappa shape index (κ3) is 3.73. The third-order valence-corrected chi connectivity index (χ3v) is 5.73. The molecule has 1 aromatic carbocycles. The van der Waals surface area contributed by atoms with Gasteiger partial charge in [0.1, 0.15) is 0 Å². The maximum absolute atomic E-state index is 12.8. The van der Waals surface area contributed by atoms with E-state index in [-0.39, 0.29) is 12.0 Å². The molecule has 0 spiro atoms. The molecule has 0 saturated carbocycles. The minimum Gasteiger partial charge on any atom is -0.450 e. The van der Waals surface area contributed by atoms with E-state index in [1.165, 1.54) is 11.3 Å². The van der Waals surface area contributed by atoms with Crippen LogP contribution in [0.25, 0.3) is 16.2 Å². The topological polar surface area (TPSA) is 67.2 Å². The van der Waals surface area contributed by atoms with Gasteiger partial charge in [-0.2, -0.15) is 0 Å². The zero-order valence-electron chi connectivity index (χ0n) is 15.7. The molecule has 3 aromatic rings. The van der Waals surface area contributed by atoms with Crippen LogP contribution < -0.4 is 0 Å². The lowest BCUT2D eigenvalue weighted by molar-refractivity contribution is -0.132. The maximum Gasteiger partial charge on any atom is 0.409 e. The van der Waals surface area contributed by atoms with Gasteiger partial charge in [-0.25, -0.2) is 9.78 Å². The number of fused-ring (bicyclic) bond motifs is 1. The van der Waals surface area contributed by atoms with Crippen molar-refractivity contribution in [3.8, 4) is 11.3 Å². The lowest BCUT2D eigenvalue weighted by Crippen LogP contribution is -2.51. The van der Waals surface area contributed by atoms with Crippen molar-refractivity contribution in [2.24, 2.45) is 0 Å². The molecule has 1 aliphatic rings. The maximum atomic E-state index is 12.8. The quantitative estimate of drug-likeness (QED) is 0.678. The van der Waals surface area contributed by atoms with Crippen LogP contribution in [0.1, 0.15) is 12.6 Å². The van der Waals surface area contributed by atoms with Gasteiger partial charge in [0.15, 0.2) is 4.96 Å². The van der Waals surface area contributed by atoms with Crippen LogP contribution in [0.15, 0.2) is 41.9 Å². The summed E-state index contributed by atoms with van der Waals surface area (Å²) in [5.74, 6) is 0.0677. The molecular formula is C20H22N4O3S. The van der Waals surface area contributed by atoms with Gasteiger partial charge in [0.05, 0.1) is 18.7 Å². The molecule has 0 radical (unpaired) electrons. The van der Waals surface area contributed by atoms with Crippen molar-refractivity contribution < 1.29 is 14.3 Å². The average Bonchev–Trinajstić information content (AvgIpc) is 3.31. The first-order valence-corrected chi connectivity index (χ1v) is 10.2. The fourth-order valence-corrected chi connectivity index (χ4v) is 4.20. The molecule has 7 nitrogen and oxygen atoms in total. The lowest BCUT2D eigenvalue weighted by Gasteiger charge is -2.34. The molecule has 8 heteroatoms. The highest BCUT2D eigenvalue weighted by Gasteiger charge is 2.25. The molecule has 28 heavy (non-hydrogen) atoms. The van der Waals surface area contributed by atoms with Gasteiger partial charge >= 0.3 is 6.09 Å². The molecule has 0 aliphatic carbocycles. The van der Waals surface area contributed by atoms with Crippen molar-refractivity contribution in [1.82, 2.24) is 19.2 Å². The normalized spacial score (nSPS) is 14.5. The molecule has 0 bridgehead atoms. The van der Waals surface area contributed by atoms with Crippen molar-refractivity contribution in [3.63, 3.8) is 0 Å². The Bertz CT molecular complexity index is 974. The van der Waals surface area contributed by atoms with E-state index in [4.69, 9.17) is 4.74 Å². The van der Waals surface area contributed by atoms with Crippen LogP contribution >= 0.6 is 11.3 Å². The fourth-order valence-electron chi connectivity index (χ4n) is 3.32. The van der Waals surface area contributed by atoms with Gasteiger partial charge in [-0.3, -0.25) is 9.20 Å². The molecule has 4 rings (SSSR count). The van der Waals surface area contributed by atoms with Crippen LogP contribution in [0, 0.1) is 0 Å². The van der Waals surface area contributed by atoms with Gasteiger partial charge in [-0.15, -0.1) is 11.3 Å². The Morgan fingerprint density at radius 1 is 1.11 bits per heavy atom. The molecule has 2 aromatic heterocycles. The molecular weight excluding hydrogens is 376 g/mol. The monoisotopic (exact) mass is 398 g/mol. The Labute approximate surface area is 167 Å². The van der Waals surface area contributed by atoms with E-state index < -0.39 is 0 Å². The standard InChI is InChI=1S/C20H22N4O3S/c1-2-27-20(26)23-10-8-22(9-11-23)18(25)12-16-14-28-19-21-17(13-24(16)19)15-6-4-3-5-7-15/h3-7,13-14H,2,8-12H2,1H3. The van der Waals surface area contributed by atoms with Crippen molar-refractivity contribution >= 4 is 28.3 Å². The van der Waals surface area contributed by atoms with Gasteiger partial charge in [0.25, 0.3) is 0 Å². The van der Waals surface area contributed by atoms with Crippen LogP contribution in [0.3, 0.4) is 0 Å². The number of benzene rings is 1. The van der Waals surface area contributed by atoms with E-state index in [9.17, 15) is 9.59 Å². The number of carbonyl (C=O) groups excluding carboxylic acids is 2. The van der Waals surface area contributed by atoms with Crippen molar-refractivity contribution in [3.05, 3.63) is 47.6 Å². The van der Waals surface area contributed by atoms with Crippen LogP contribution in [0.4, 0.5) is 4.79 Å². The number of hydrogen-bond donors (Lipinski definition) is 0. The van der Waals surface area contributed by atoms with Crippen LogP contribution in [0.2, 0.25) is 0 Å². The van der Waals surface area contributed by atoms with E-state index >= 15 is 0 Å². The number of ether oxygens (including phenoxy) is 1. The molecule has 3 heterocycles. The van der Waals surface area contributed by atoms with E-state index in [2.05, 4.69) is 4.98 Å². The zero-order chi connectivity index (χ0) is 19.5. The predicted octanol–water partition coefficient (Wildman–Crippen LogP) is 2.91. The van der Waals surface area contributed by atoms with Gasteiger partial charge in [-0.05, 0) is 6.92 Å². The van der Waals surface area contributed by atoms with Crippen molar-refractivity contribution in [2.75, 3.05) is 32.8 Å². The Morgan fingerprint density at radius 3 is 2.54 bits per heavy atom. The lowest BCUT2D eigenvalue weighted by atomic mass is 10.2. The van der Waals surface area contributed by atoms with Crippen molar-refractivity contribution in [2.45, 2.75) is 13.3 Å². The summed E-state index contributed by atoms with van der Waals surface area (Å²) in [5, 5.41) is 1.99. The highest BCUT2D eigenvalue weighted by atomic mass is 32.1. The predicted molar refractivity (Wildman–Crippen MR) is 107 cm³/mol. The number of carbonyl (C=O) groups is 2. The summed E-state index contributed by atoms with van der Waals surface area (Å²) in [6.45, 7) is 4.23. The SMILES string of the molecule is CCOC(=O)N1CCN(C(=O)Cc2csc3nc(-c4ccccc4)cn23)CC1. The minimum absolute atomic E-state index is 0.0677. The Balaban J connectivity index is 1.42. The summed E-state index contributed by atoms with van der Waals surface area (Å²) in [6, 6.07) is 10.0. The fraction of sp³-hybridized carbons (Fsp3) is 0.350. The first-order valence-electron chi connectivity index (χ1n) is 9.36. The number of amides is 2. The van der Waals surface area contributed by atoms with Crippen LogP contribution in [-0.4, -0.2) is 64.0 Å². The second-order valence-corrected chi connectivity index (χ2v) is 7.45. The van der Waals surface area contributed by atoms with Crippen LogP contribution in [0.5, 0.6) is 0 Å². The summed E-state index contributed by atoms with van der Waals surface area (Å²) in [5.41, 5.74) is 2.91. The average molecular weight is 398 g/mol.